The molecule has 15 heavy (non-hydrogen) atoms. The summed E-state index contributed by atoms with van der Waals surface area (Å²) in [4.78, 5) is 4.00. The standard InChI is InChI=1S/C9H6Br2FN3/c10-8-13-9(11)15(14-8)5-6-3-1-2-4-7(6)12/h1-4H,5H2. The highest BCUT2D eigenvalue weighted by atomic mass is 79.9. The second-order valence-corrected chi connectivity index (χ2v) is 4.32. The first-order valence-corrected chi connectivity index (χ1v) is 5.74. The molecule has 0 fully saturated rings. The van der Waals surface area contributed by atoms with Crippen LogP contribution in [0.3, 0.4) is 0 Å². The third-order valence-electron chi connectivity index (χ3n) is 1.88. The molecular weight excluding hydrogens is 329 g/mol. The zero-order valence-corrected chi connectivity index (χ0v) is 10.7. The number of nitrogens with zero attached hydrogens (tertiary/aromatic N) is 3. The molecule has 78 valence electrons. The van der Waals surface area contributed by atoms with E-state index in [1.54, 1.807) is 22.9 Å². The molecule has 0 saturated heterocycles. The Hall–Kier alpha value is -0.750. The van der Waals surface area contributed by atoms with Crippen molar-refractivity contribution in [2.45, 2.75) is 6.54 Å². The summed E-state index contributed by atoms with van der Waals surface area (Å²) in [6.07, 6.45) is 0. The minimum Gasteiger partial charge on any atom is -0.235 e. The highest BCUT2D eigenvalue weighted by Gasteiger charge is 2.07. The second kappa shape index (κ2) is 4.40. The third-order valence-corrected chi connectivity index (χ3v) is 2.80. The van der Waals surface area contributed by atoms with Crippen LogP contribution < -0.4 is 0 Å². The fourth-order valence-electron chi connectivity index (χ4n) is 1.19. The summed E-state index contributed by atoms with van der Waals surface area (Å²) in [5.74, 6) is -0.240. The molecule has 0 atom stereocenters. The number of rotatable bonds is 2. The molecule has 0 aliphatic heterocycles. The smallest absolute Gasteiger partial charge is 0.218 e. The van der Waals surface area contributed by atoms with Crippen molar-refractivity contribution in [1.29, 1.82) is 0 Å². The molecule has 0 saturated carbocycles. The van der Waals surface area contributed by atoms with Crippen LogP contribution in [0.2, 0.25) is 0 Å². The van der Waals surface area contributed by atoms with Gasteiger partial charge in [0.25, 0.3) is 0 Å². The van der Waals surface area contributed by atoms with Crippen molar-refractivity contribution in [1.82, 2.24) is 14.8 Å². The van der Waals surface area contributed by atoms with Crippen LogP contribution in [-0.4, -0.2) is 14.8 Å². The maximum atomic E-state index is 13.3. The molecule has 2 rings (SSSR count). The lowest BCUT2D eigenvalue weighted by molar-refractivity contribution is 0.580. The maximum absolute atomic E-state index is 13.3. The van der Waals surface area contributed by atoms with E-state index in [-0.39, 0.29) is 5.82 Å². The quantitative estimate of drug-likeness (QED) is 0.845. The Morgan fingerprint density at radius 1 is 1.27 bits per heavy atom. The van der Waals surface area contributed by atoms with E-state index in [2.05, 4.69) is 41.9 Å². The van der Waals surface area contributed by atoms with Gasteiger partial charge in [-0.3, -0.25) is 0 Å². The van der Waals surface area contributed by atoms with Crippen LogP contribution in [-0.2, 0) is 6.54 Å². The summed E-state index contributed by atoms with van der Waals surface area (Å²) in [7, 11) is 0. The van der Waals surface area contributed by atoms with E-state index >= 15 is 0 Å². The first-order chi connectivity index (χ1) is 7.16. The Labute approximate surface area is 103 Å². The molecule has 0 bridgehead atoms. The van der Waals surface area contributed by atoms with Crippen LogP contribution in [0, 0.1) is 5.82 Å². The number of halogens is 3. The monoisotopic (exact) mass is 333 g/mol. The average molecular weight is 335 g/mol. The first-order valence-electron chi connectivity index (χ1n) is 4.16. The van der Waals surface area contributed by atoms with Gasteiger partial charge in [0, 0.05) is 5.56 Å². The molecule has 0 N–H and O–H groups in total. The van der Waals surface area contributed by atoms with E-state index in [9.17, 15) is 4.39 Å². The highest BCUT2D eigenvalue weighted by Crippen LogP contribution is 2.14. The van der Waals surface area contributed by atoms with Crippen LogP contribution in [0.1, 0.15) is 5.56 Å². The molecule has 2 aromatic rings. The van der Waals surface area contributed by atoms with Crippen LogP contribution in [0.15, 0.2) is 33.7 Å². The van der Waals surface area contributed by atoms with Crippen molar-refractivity contribution in [2.24, 2.45) is 0 Å². The Balaban J connectivity index is 2.29. The number of benzene rings is 1. The molecule has 1 aromatic carbocycles. The van der Waals surface area contributed by atoms with Gasteiger partial charge < -0.3 is 0 Å². The van der Waals surface area contributed by atoms with Crippen molar-refractivity contribution >= 4 is 31.9 Å². The predicted molar refractivity (Wildman–Crippen MR) is 60.9 cm³/mol. The normalized spacial score (nSPS) is 10.6. The van der Waals surface area contributed by atoms with Gasteiger partial charge in [0.1, 0.15) is 5.82 Å². The minimum absolute atomic E-state index is 0.240. The SMILES string of the molecule is Fc1ccccc1Cn1nc(Br)nc1Br. The summed E-state index contributed by atoms with van der Waals surface area (Å²) >= 11 is 6.38. The van der Waals surface area contributed by atoms with E-state index in [4.69, 9.17) is 0 Å². The van der Waals surface area contributed by atoms with Gasteiger partial charge in [0.05, 0.1) is 6.54 Å². The maximum Gasteiger partial charge on any atom is 0.218 e. The molecular formula is C9H6Br2FN3. The lowest BCUT2D eigenvalue weighted by atomic mass is 10.2. The van der Waals surface area contributed by atoms with Crippen LogP contribution >= 0.6 is 31.9 Å². The number of hydrogen-bond acceptors (Lipinski definition) is 2. The Morgan fingerprint density at radius 2 is 2.00 bits per heavy atom. The van der Waals surface area contributed by atoms with Gasteiger partial charge in [-0.1, -0.05) is 18.2 Å². The minimum atomic E-state index is -0.240. The Kier molecular flexibility index (Phi) is 3.16. The predicted octanol–water partition coefficient (Wildman–Crippen LogP) is 2.99. The van der Waals surface area contributed by atoms with Gasteiger partial charge in [-0.15, -0.1) is 5.10 Å². The summed E-state index contributed by atoms with van der Waals surface area (Å²) < 4.78 is 15.9. The highest BCUT2D eigenvalue weighted by molar-refractivity contribution is 9.11. The Bertz CT molecular complexity index is 484. The topological polar surface area (TPSA) is 30.7 Å². The summed E-state index contributed by atoms with van der Waals surface area (Å²) in [5.41, 5.74) is 0.579. The van der Waals surface area contributed by atoms with Crippen LogP contribution in [0.25, 0.3) is 0 Å². The molecule has 0 aliphatic rings. The van der Waals surface area contributed by atoms with Crippen molar-refractivity contribution in [3.05, 3.63) is 45.1 Å². The van der Waals surface area contributed by atoms with Gasteiger partial charge in [0.2, 0.25) is 4.73 Å². The van der Waals surface area contributed by atoms with Gasteiger partial charge in [-0.05, 0) is 37.9 Å². The molecule has 0 unspecified atom stereocenters. The van der Waals surface area contributed by atoms with Crippen molar-refractivity contribution in [3.63, 3.8) is 0 Å². The summed E-state index contributed by atoms with van der Waals surface area (Å²) in [5, 5.41) is 4.06. The van der Waals surface area contributed by atoms with E-state index < -0.39 is 0 Å². The van der Waals surface area contributed by atoms with Gasteiger partial charge in [0.15, 0.2) is 4.73 Å². The van der Waals surface area contributed by atoms with E-state index in [0.29, 0.717) is 21.6 Å². The van der Waals surface area contributed by atoms with E-state index in [0.717, 1.165) is 0 Å². The molecule has 0 aliphatic carbocycles. The number of hydrogen-bond donors (Lipinski definition) is 0. The zero-order valence-electron chi connectivity index (χ0n) is 7.49. The average Bonchev–Trinajstić information content (AvgIpc) is 2.49. The molecule has 0 amide bonds. The Morgan fingerprint density at radius 3 is 2.60 bits per heavy atom. The zero-order chi connectivity index (χ0) is 10.8. The fourth-order valence-corrected chi connectivity index (χ4v) is 2.16. The van der Waals surface area contributed by atoms with Gasteiger partial charge >= 0.3 is 0 Å². The summed E-state index contributed by atoms with van der Waals surface area (Å²) in [6.45, 7) is 0.353. The van der Waals surface area contributed by atoms with Crippen molar-refractivity contribution in [2.75, 3.05) is 0 Å². The van der Waals surface area contributed by atoms with Crippen molar-refractivity contribution in [3.8, 4) is 0 Å². The van der Waals surface area contributed by atoms with Crippen LogP contribution in [0.5, 0.6) is 0 Å². The molecule has 1 aromatic heterocycles. The van der Waals surface area contributed by atoms with E-state index in [1.807, 2.05) is 0 Å². The first kappa shape index (κ1) is 10.8. The third kappa shape index (κ3) is 2.43. The number of aromatic nitrogens is 3. The van der Waals surface area contributed by atoms with E-state index in [1.165, 1.54) is 6.07 Å². The van der Waals surface area contributed by atoms with Gasteiger partial charge in [-0.2, -0.15) is 4.98 Å². The molecule has 0 spiro atoms. The second-order valence-electron chi connectivity index (χ2n) is 2.90. The molecule has 3 nitrogen and oxygen atoms in total. The fraction of sp³-hybridized carbons (Fsp3) is 0.111. The summed E-state index contributed by atoms with van der Waals surface area (Å²) in [6, 6.07) is 6.59. The molecule has 6 heteroatoms. The lowest BCUT2D eigenvalue weighted by Gasteiger charge is -2.03. The van der Waals surface area contributed by atoms with Crippen LogP contribution in [0.4, 0.5) is 4.39 Å². The van der Waals surface area contributed by atoms with Gasteiger partial charge in [-0.25, -0.2) is 9.07 Å². The molecule has 0 radical (unpaired) electrons. The van der Waals surface area contributed by atoms with Crippen molar-refractivity contribution < 1.29 is 4.39 Å². The lowest BCUT2D eigenvalue weighted by Crippen LogP contribution is -2.03. The largest absolute Gasteiger partial charge is 0.235 e. The molecule has 1 heterocycles.